The van der Waals surface area contributed by atoms with Gasteiger partial charge in [0.1, 0.15) is 9.86 Å². The van der Waals surface area contributed by atoms with Crippen molar-refractivity contribution in [2.75, 3.05) is 5.73 Å². The van der Waals surface area contributed by atoms with Gasteiger partial charge in [0.15, 0.2) is 0 Å². The number of nitrogen functional groups attached to an aromatic ring is 1. The third-order valence-corrected chi connectivity index (χ3v) is 4.85. The van der Waals surface area contributed by atoms with Gasteiger partial charge in [-0.2, -0.15) is 0 Å². The minimum Gasteiger partial charge on any atom is -0.368 e. The maximum atomic E-state index is 5.69. The predicted octanol–water partition coefficient (Wildman–Crippen LogP) is 3.49. The first-order valence-electron chi connectivity index (χ1n) is 4.55. The van der Waals surface area contributed by atoms with Crippen LogP contribution in [-0.4, -0.2) is 9.97 Å². The van der Waals surface area contributed by atoms with Gasteiger partial charge in [-0.1, -0.05) is 17.8 Å². The molecule has 0 spiro atoms. The molecular weight excluding hydrogens is 258 g/mol. The van der Waals surface area contributed by atoms with E-state index < -0.39 is 0 Å². The molecule has 16 heavy (non-hydrogen) atoms. The van der Waals surface area contributed by atoms with Crippen molar-refractivity contribution in [2.45, 2.75) is 9.24 Å². The van der Waals surface area contributed by atoms with Crippen LogP contribution in [-0.2, 0) is 0 Å². The Bertz CT molecular complexity index is 615. The number of anilines is 1. The molecular formula is C10H7N3S3. The summed E-state index contributed by atoms with van der Waals surface area (Å²) >= 11 is 4.92. The van der Waals surface area contributed by atoms with E-state index >= 15 is 0 Å². The van der Waals surface area contributed by atoms with Gasteiger partial charge in [0.2, 0.25) is 5.95 Å². The van der Waals surface area contributed by atoms with Crippen molar-refractivity contribution >= 4 is 50.6 Å². The molecule has 0 radical (unpaired) electrons. The minimum absolute atomic E-state index is 0.342. The summed E-state index contributed by atoms with van der Waals surface area (Å²) in [5.41, 5.74) is 5.69. The van der Waals surface area contributed by atoms with Crippen molar-refractivity contribution in [3.63, 3.8) is 0 Å². The Morgan fingerprint density at radius 3 is 2.88 bits per heavy atom. The largest absolute Gasteiger partial charge is 0.368 e. The average molecular weight is 265 g/mol. The van der Waals surface area contributed by atoms with Gasteiger partial charge in [0.25, 0.3) is 0 Å². The van der Waals surface area contributed by atoms with Crippen molar-refractivity contribution in [3.05, 3.63) is 29.0 Å². The maximum Gasteiger partial charge on any atom is 0.222 e. The van der Waals surface area contributed by atoms with Crippen LogP contribution in [0.2, 0.25) is 0 Å². The lowest BCUT2D eigenvalue weighted by atomic mass is 10.4. The number of nitrogens with zero attached hydrogens (tertiary/aromatic N) is 2. The zero-order valence-electron chi connectivity index (χ0n) is 8.08. The van der Waals surface area contributed by atoms with Gasteiger partial charge in [0, 0.05) is 5.39 Å². The molecule has 0 saturated heterocycles. The number of rotatable bonds is 2. The quantitative estimate of drug-likeness (QED) is 0.721. The van der Waals surface area contributed by atoms with E-state index in [-0.39, 0.29) is 0 Å². The Hall–Kier alpha value is -1.11. The summed E-state index contributed by atoms with van der Waals surface area (Å²) < 4.78 is 1.21. The lowest BCUT2D eigenvalue weighted by molar-refractivity contribution is 1.13. The van der Waals surface area contributed by atoms with E-state index in [1.54, 1.807) is 34.4 Å². The summed E-state index contributed by atoms with van der Waals surface area (Å²) in [6.07, 6.45) is 0. The molecule has 0 saturated carbocycles. The molecule has 2 N–H and O–H groups in total. The molecule has 3 heterocycles. The number of hydrogen-bond acceptors (Lipinski definition) is 6. The summed E-state index contributed by atoms with van der Waals surface area (Å²) in [6, 6.07) is 6.14. The van der Waals surface area contributed by atoms with Crippen LogP contribution < -0.4 is 5.73 Å². The van der Waals surface area contributed by atoms with Gasteiger partial charge in [-0.25, -0.2) is 9.97 Å². The normalized spacial score (nSPS) is 11.0. The van der Waals surface area contributed by atoms with E-state index in [0.717, 1.165) is 15.2 Å². The third kappa shape index (κ3) is 1.79. The highest BCUT2D eigenvalue weighted by Gasteiger charge is 2.09. The van der Waals surface area contributed by atoms with E-state index in [1.807, 2.05) is 17.5 Å². The van der Waals surface area contributed by atoms with Crippen LogP contribution in [0.25, 0.3) is 10.2 Å². The van der Waals surface area contributed by atoms with E-state index in [2.05, 4.69) is 21.4 Å². The summed E-state index contributed by atoms with van der Waals surface area (Å²) in [6.45, 7) is 0. The van der Waals surface area contributed by atoms with Crippen LogP contribution in [0, 0.1) is 0 Å². The fourth-order valence-corrected chi connectivity index (χ4v) is 3.97. The van der Waals surface area contributed by atoms with Crippen molar-refractivity contribution in [3.8, 4) is 0 Å². The molecule has 0 atom stereocenters. The van der Waals surface area contributed by atoms with Crippen molar-refractivity contribution in [2.24, 2.45) is 0 Å². The lowest BCUT2D eigenvalue weighted by Gasteiger charge is -2.00. The van der Waals surface area contributed by atoms with E-state index in [0.29, 0.717) is 5.95 Å². The van der Waals surface area contributed by atoms with Crippen LogP contribution in [0.1, 0.15) is 0 Å². The fraction of sp³-hybridized carbons (Fsp3) is 0. The highest BCUT2D eigenvalue weighted by molar-refractivity contribution is 8.01. The second-order valence-corrected chi connectivity index (χ2v) is 6.19. The summed E-state index contributed by atoms with van der Waals surface area (Å²) in [7, 11) is 0. The Balaban J connectivity index is 2.11. The second kappa shape index (κ2) is 4.04. The van der Waals surface area contributed by atoms with E-state index in [4.69, 9.17) is 5.73 Å². The molecule has 3 aromatic heterocycles. The van der Waals surface area contributed by atoms with Crippen molar-refractivity contribution in [1.82, 2.24) is 9.97 Å². The zero-order valence-corrected chi connectivity index (χ0v) is 10.5. The molecule has 80 valence electrons. The molecule has 3 aromatic rings. The number of aromatic nitrogens is 2. The predicted molar refractivity (Wildman–Crippen MR) is 70.3 cm³/mol. The third-order valence-electron chi connectivity index (χ3n) is 2.00. The van der Waals surface area contributed by atoms with Gasteiger partial charge < -0.3 is 5.73 Å². The molecule has 0 bridgehead atoms. The van der Waals surface area contributed by atoms with Gasteiger partial charge in [-0.15, -0.1) is 22.7 Å². The molecule has 0 aliphatic heterocycles. The first kappa shape index (κ1) is 10.1. The Kier molecular flexibility index (Phi) is 2.55. The van der Waals surface area contributed by atoms with Crippen LogP contribution in [0.15, 0.2) is 38.2 Å². The molecule has 3 rings (SSSR count). The topological polar surface area (TPSA) is 51.8 Å². The molecule has 0 aromatic carbocycles. The van der Waals surface area contributed by atoms with Crippen LogP contribution >= 0.6 is 34.4 Å². The van der Waals surface area contributed by atoms with Gasteiger partial charge in [0.05, 0.1) is 4.21 Å². The van der Waals surface area contributed by atoms with Crippen LogP contribution in [0.5, 0.6) is 0 Å². The summed E-state index contributed by atoms with van der Waals surface area (Å²) in [4.78, 5) is 9.44. The summed E-state index contributed by atoms with van der Waals surface area (Å²) in [5, 5.41) is 6.08. The Morgan fingerprint density at radius 2 is 2.06 bits per heavy atom. The average Bonchev–Trinajstić information content (AvgIpc) is 2.87. The SMILES string of the molecule is Nc1nc(Sc2cccs2)c2ccsc2n1. The molecule has 0 amide bonds. The highest BCUT2D eigenvalue weighted by atomic mass is 32.2. The minimum atomic E-state index is 0.342. The van der Waals surface area contributed by atoms with Gasteiger partial charge in [-0.3, -0.25) is 0 Å². The van der Waals surface area contributed by atoms with Crippen LogP contribution in [0.4, 0.5) is 5.95 Å². The number of nitrogens with two attached hydrogens (primary N) is 1. The van der Waals surface area contributed by atoms with E-state index in [9.17, 15) is 0 Å². The second-order valence-electron chi connectivity index (χ2n) is 3.06. The zero-order chi connectivity index (χ0) is 11.0. The number of thiophene rings is 2. The lowest BCUT2D eigenvalue weighted by Crippen LogP contribution is -1.95. The number of hydrogen-bond donors (Lipinski definition) is 1. The standard InChI is InChI=1S/C10H7N3S3/c11-10-12-8-6(3-5-15-8)9(13-10)16-7-2-1-4-14-7/h1-5H,(H2,11,12,13). The monoisotopic (exact) mass is 265 g/mol. The van der Waals surface area contributed by atoms with Crippen molar-refractivity contribution in [1.29, 1.82) is 0 Å². The van der Waals surface area contributed by atoms with E-state index in [1.165, 1.54) is 4.21 Å². The molecule has 0 fully saturated rings. The van der Waals surface area contributed by atoms with Gasteiger partial charge >= 0.3 is 0 Å². The highest BCUT2D eigenvalue weighted by Crippen LogP contribution is 2.35. The molecule has 0 aliphatic carbocycles. The smallest absolute Gasteiger partial charge is 0.222 e. The fourth-order valence-electron chi connectivity index (χ4n) is 1.34. The molecule has 0 aliphatic rings. The number of fused-ring (bicyclic) bond motifs is 1. The first-order valence-corrected chi connectivity index (χ1v) is 7.12. The van der Waals surface area contributed by atoms with Gasteiger partial charge in [-0.05, 0) is 22.9 Å². The van der Waals surface area contributed by atoms with Crippen LogP contribution in [0.3, 0.4) is 0 Å². The first-order chi connectivity index (χ1) is 7.83. The molecule has 6 heteroatoms. The van der Waals surface area contributed by atoms with Crippen molar-refractivity contribution < 1.29 is 0 Å². The Morgan fingerprint density at radius 1 is 1.12 bits per heavy atom. The molecule has 0 unspecified atom stereocenters. The summed E-state index contributed by atoms with van der Waals surface area (Å²) in [5.74, 6) is 0.342. The Labute approximate surface area is 104 Å². The maximum absolute atomic E-state index is 5.69. The molecule has 3 nitrogen and oxygen atoms in total.